The van der Waals surface area contributed by atoms with Crippen LogP contribution >= 0.6 is 0 Å². The van der Waals surface area contributed by atoms with E-state index in [9.17, 15) is 18.0 Å². The third-order valence-electron chi connectivity index (χ3n) is 4.41. The first-order valence-corrected chi connectivity index (χ1v) is 7.83. The van der Waals surface area contributed by atoms with Crippen molar-refractivity contribution in [1.82, 2.24) is 4.90 Å². The van der Waals surface area contributed by atoms with Gasteiger partial charge in [-0.2, -0.15) is 13.2 Å². The molecule has 0 aromatic heterocycles. The van der Waals surface area contributed by atoms with Crippen LogP contribution in [0.1, 0.15) is 29.0 Å². The molecule has 0 heterocycles. The fourth-order valence-electron chi connectivity index (χ4n) is 3.11. The predicted octanol–water partition coefficient (Wildman–Crippen LogP) is 4.47. The van der Waals surface area contributed by atoms with E-state index in [1.165, 1.54) is 12.1 Å². The number of carbonyl (C=O) groups excluding carboxylic acids is 1. The minimum atomic E-state index is -4.39. The van der Waals surface area contributed by atoms with Crippen LogP contribution in [0.15, 0.2) is 54.6 Å². The van der Waals surface area contributed by atoms with Crippen LogP contribution in [0, 0.1) is 5.92 Å². The first-order valence-electron chi connectivity index (χ1n) is 7.83. The normalized spacial score (nSPS) is 19.8. The van der Waals surface area contributed by atoms with Gasteiger partial charge in [-0.15, -0.1) is 0 Å². The van der Waals surface area contributed by atoms with Crippen LogP contribution in [0.5, 0.6) is 0 Å². The molecule has 3 rings (SSSR count). The van der Waals surface area contributed by atoms with E-state index in [1.54, 1.807) is 18.0 Å². The van der Waals surface area contributed by atoms with E-state index in [2.05, 4.69) is 0 Å². The summed E-state index contributed by atoms with van der Waals surface area (Å²) in [4.78, 5) is 14.1. The quantitative estimate of drug-likeness (QED) is 0.808. The highest BCUT2D eigenvalue weighted by Crippen LogP contribution is 2.51. The molecule has 0 saturated heterocycles. The zero-order chi connectivity index (χ0) is 17.3. The Balaban J connectivity index is 1.70. The van der Waals surface area contributed by atoms with Crippen LogP contribution in [0.4, 0.5) is 13.2 Å². The van der Waals surface area contributed by atoms with Crippen molar-refractivity contribution in [1.29, 1.82) is 0 Å². The molecule has 1 aliphatic rings. The lowest BCUT2D eigenvalue weighted by Crippen LogP contribution is -2.28. The molecule has 1 amide bonds. The van der Waals surface area contributed by atoms with Gasteiger partial charge < -0.3 is 4.90 Å². The largest absolute Gasteiger partial charge is 0.416 e. The van der Waals surface area contributed by atoms with Crippen molar-refractivity contribution < 1.29 is 18.0 Å². The Morgan fingerprint density at radius 1 is 1.08 bits per heavy atom. The van der Waals surface area contributed by atoms with Gasteiger partial charge in [0.05, 0.1) is 5.56 Å². The number of amides is 1. The van der Waals surface area contributed by atoms with Gasteiger partial charge in [0.15, 0.2) is 0 Å². The first kappa shape index (κ1) is 16.6. The van der Waals surface area contributed by atoms with Crippen LogP contribution in [0.25, 0.3) is 0 Å². The molecule has 0 radical (unpaired) electrons. The minimum Gasteiger partial charge on any atom is -0.341 e. The summed E-state index contributed by atoms with van der Waals surface area (Å²) in [6.07, 6.45) is -3.91. The van der Waals surface area contributed by atoms with Gasteiger partial charge in [0.2, 0.25) is 5.91 Å². The SMILES string of the molecule is CN(Cc1ccccc1)C(=O)C1CC1c1ccccc1C(F)(F)F. The van der Waals surface area contributed by atoms with Gasteiger partial charge in [-0.05, 0) is 29.5 Å². The van der Waals surface area contributed by atoms with Gasteiger partial charge in [-0.3, -0.25) is 4.79 Å². The Hall–Kier alpha value is -2.30. The van der Waals surface area contributed by atoms with Crippen molar-refractivity contribution in [3.8, 4) is 0 Å². The lowest BCUT2D eigenvalue weighted by atomic mass is 10.0. The lowest BCUT2D eigenvalue weighted by molar-refractivity contribution is -0.138. The Kier molecular flexibility index (Phi) is 4.35. The molecule has 0 spiro atoms. The van der Waals surface area contributed by atoms with Gasteiger partial charge in [-0.1, -0.05) is 48.5 Å². The van der Waals surface area contributed by atoms with Crippen LogP contribution in [-0.2, 0) is 17.5 Å². The Morgan fingerprint density at radius 2 is 1.71 bits per heavy atom. The minimum absolute atomic E-state index is 0.0965. The molecule has 0 N–H and O–H groups in total. The topological polar surface area (TPSA) is 20.3 Å². The summed E-state index contributed by atoms with van der Waals surface area (Å²) in [5, 5.41) is 0. The zero-order valence-electron chi connectivity index (χ0n) is 13.3. The van der Waals surface area contributed by atoms with Gasteiger partial charge in [0.25, 0.3) is 0 Å². The van der Waals surface area contributed by atoms with Crippen LogP contribution in [-0.4, -0.2) is 17.9 Å². The van der Waals surface area contributed by atoms with Crippen LogP contribution in [0.3, 0.4) is 0 Å². The first-order chi connectivity index (χ1) is 11.4. The second kappa shape index (κ2) is 6.30. The molecule has 5 heteroatoms. The fraction of sp³-hybridized carbons (Fsp3) is 0.316. The van der Waals surface area contributed by atoms with E-state index in [0.717, 1.165) is 11.6 Å². The van der Waals surface area contributed by atoms with E-state index >= 15 is 0 Å². The van der Waals surface area contributed by atoms with Crippen molar-refractivity contribution in [3.05, 3.63) is 71.3 Å². The van der Waals surface area contributed by atoms with E-state index in [4.69, 9.17) is 0 Å². The molecule has 24 heavy (non-hydrogen) atoms. The maximum atomic E-state index is 13.1. The molecule has 2 unspecified atom stereocenters. The highest BCUT2D eigenvalue weighted by molar-refractivity contribution is 5.83. The molecular weight excluding hydrogens is 315 g/mol. The molecule has 2 nitrogen and oxygen atoms in total. The molecule has 2 aromatic carbocycles. The third kappa shape index (κ3) is 3.45. The number of carbonyl (C=O) groups is 1. The molecule has 1 aliphatic carbocycles. The summed E-state index contributed by atoms with van der Waals surface area (Å²) in [5.74, 6) is -0.795. The van der Waals surface area contributed by atoms with E-state index in [1.807, 2.05) is 30.3 Å². The maximum Gasteiger partial charge on any atom is 0.416 e. The van der Waals surface area contributed by atoms with Crippen molar-refractivity contribution in [2.75, 3.05) is 7.05 Å². The van der Waals surface area contributed by atoms with Crippen molar-refractivity contribution >= 4 is 5.91 Å². The summed E-state index contributed by atoms with van der Waals surface area (Å²) >= 11 is 0. The second-order valence-electron chi connectivity index (χ2n) is 6.21. The van der Waals surface area contributed by atoms with E-state index in [0.29, 0.717) is 13.0 Å². The number of nitrogens with zero attached hydrogens (tertiary/aromatic N) is 1. The van der Waals surface area contributed by atoms with Crippen LogP contribution in [0.2, 0.25) is 0 Å². The monoisotopic (exact) mass is 333 g/mol. The molecular formula is C19H18F3NO. The predicted molar refractivity (Wildman–Crippen MR) is 85.2 cm³/mol. The fourth-order valence-corrected chi connectivity index (χ4v) is 3.11. The number of benzene rings is 2. The standard InChI is InChI=1S/C19H18F3NO/c1-23(12-13-7-3-2-4-8-13)18(24)16-11-15(16)14-9-5-6-10-17(14)19(20,21)22/h2-10,15-16H,11-12H2,1H3. The molecule has 0 aliphatic heterocycles. The third-order valence-corrected chi connectivity index (χ3v) is 4.41. The molecule has 2 aromatic rings. The van der Waals surface area contributed by atoms with Crippen molar-refractivity contribution in [2.45, 2.75) is 25.1 Å². The molecule has 2 atom stereocenters. The Bertz CT molecular complexity index is 727. The van der Waals surface area contributed by atoms with Crippen molar-refractivity contribution in [2.24, 2.45) is 5.92 Å². The second-order valence-corrected chi connectivity index (χ2v) is 6.21. The number of hydrogen-bond acceptors (Lipinski definition) is 1. The Morgan fingerprint density at radius 3 is 2.38 bits per heavy atom. The van der Waals surface area contributed by atoms with Crippen molar-refractivity contribution in [3.63, 3.8) is 0 Å². The summed E-state index contributed by atoms with van der Waals surface area (Å²) in [7, 11) is 1.69. The zero-order valence-corrected chi connectivity index (χ0v) is 13.3. The summed E-state index contributed by atoms with van der Waals surface area (Å²) in [6, 6.07) is 15.1. The van der Waals surface area contributed by atoms with Gasteiger partial charge in [0.1, 0.15) is 0 Å². The highest BCUT2D eigenvalue weighted by Gasteiger charge is 2.48. The summed E-state index contributed by atoms with van der Waals surface area (Å²) < 4.78 is 39.3. The average Bonchev–Trinajstić information content (AvgIpc) is 3.35. The number of hydrogen-bond donors (Lipinski definition) is 0. The molecule has 1 saturated carbocycles. The summed E-state index contributed by atoms with van der Waals surface area (Å²) in [5.41, 5.74) is 0.605. The van der Waals surface area contributed by atoms with E-state index < -0.39 is 11.7 Å². The Labute approximate surface area is 138 Å². The smallest absolute Gasteiger partial charge is 0.341 e. The van der Waals surface area contributed by atoms with Crippen LogP contribution < -0.4 is 0 Å². The maximum absolute atomic E-state index is 13.1. The van der Waals surface area contributed by atoms with Gasteiger partial charge in [0, 0.05) is 19.5 Å². The highest BCUT2D eigenvalue weighted by atomic mass is 19.4. The van der Waals surface area contributed by atoms with Gasteiger partial charge in [-0.25, -0.2) is 0 Å². The van der Waals surface area contributed by atoms with E-state index in [-0.39, 0.29) is 23.3 Å². The molecule has 0 bridgehead atoms. The van der Waals surface area contributed by atoms with Gasteiger partial charge >= 0.3 is 6.18 Å². The summed E-state index contributed by atoms with van der Waals surface area (Å²) in [6.45, 7) is 0.462. The number of halogens is 3. The number of rotatable bonds is 4. The lowest BCUT2D eigenvalue weighted by Gasteiger charge is -2.18. The average molecular weight is 333 g/mol. The molecule has 126 valence electrons. The molecule has 1 fully saturated rings. The number of alkyl halides is 3.